The molecular formula is C14H18ClFN2O2. The third kappa shape index (κ3) is 2.80. The summed E-state index contributed by atoms with van der Waals surface area (Å²) >= 11 is 5.67. The molecule has 1 aliphatic heterocycles. The third-order valence-electron chi connectivity index (χ3n) is 3.82. The average molecular weight is 301 g/mol. The zero-order chi connectivity index (χ0) is 14.8. The van der Waals surface area contributed by atoms with Crippen molar-refractivity contribution in [1.82, 2.24) is 4.90 Å². The summed E-state index contributed by atoms with van der Waals surface area (Å²) in [7, 11) is 1.54. The molecule has 2 N–H and O–H groups in total. The number of nitrogens with zero attached hydrogens (tertiary/aromatic N) is 1. The summed E-state index contributed by atoms with van der Waals surface area (Å²) in [6.07, 6.45) is 1.52. The van der Waals surface area contributed by atoms with Gasteiger partial charge in [-0.25, -0.2) is 4.39 Å². The molecule has 0 aromatic heterocycles. The number of carbonyl (C=O) groups is 1. The van der Waals surface area contributed by atoms with Crippen LogP contribution in [0.2, 0.25) is 5.02 Å². The molecule has 1 atom stereocenters. The molecule has 0 bridgehead atoms. The second kappa shape index (κ2) is 6.08. The highest BCUT2D eigenvalue weighted by Crippen LogP contribution is 2.31. The SMILES string of the molecule is COCC1(C(N)=O)CCCN1Cc1ccc(Cl)c(F)c1. The van der Waals surface area contributed by atoms with Crippen molar-refractivity contribution in [3.8, 4) is 0 Å². The summed E-state index contributed by atoms with van der Waals surface area (Å²) < 4.78 is 18.6. The molecule has 4 nitrogen and oxygen atoms in total. The van der Waals surface area contributed by atoms with Crippen LogP contribution in [0.4, 0.5) is 4.39 Å². The topological polar surface area (TPSA) is 55.6 Å². The maximum atomic E-state index is 13.5. The van der Waals surface area contributed by atoms with E-state index < -0.39 is 17.3 Å². The number of hydrogen-bond acceptors (Lipinski definition) is 3. The summed E-state index contributed by atoms with van der Waals surface area (Å²) in [6, 6.07) is 4.66. The molecule has 0 radical (unpaired) electrons. The fraction of sp³-hybridized carbons (Fsp3) is 0.500. The first kappa shape index (κ1) is 15.2. The van der Waals surface area contributed by atoms with E-state index in [4.69, 9.17) is 22.1 Å². The van der Waals surface area contributed by atoms with Crippen LogP contribution >= 0.6 is 11.6 Å². The largest absolute Gasteiger partial charge is 0.382 e. The van der Waals surface area contributed by atoms with Crippen LogP contribution in [-0.2, 0) is 16.1 Å². The zero-order valence-electron chi connectivity index (χ0n) is 11.4. The van der Waals surface area contributed by atoms with Gasteiger partial charge in [0.15, 0.2) is 0 Å². The van der Waals surface area contributed by atoms with Gasteiger partial charge in [0.05, 0.1) is 11.6 Å². The maximum Gasteiger partial charge on any atom is 0.240 e. The van der Waals surface area contributed by atoms with Crippen molar-refractivity contribution in [3.05, 3.63) is 34.6 Å². The minimum Gasteiger partial charge on any atom is -0.382 e. The Balaban J connectivity index is 2.22. The van der Waals surface area contributed by atoms with Crippen LogP contribution in [0.25, 0.3) is 0 Å². The quantitative estimate of drug-likeness (QED) is 0.904. The molecule has 2 rings (SSSR count). The Labute approximate surface area is 122 Å². The van der Waals surface area contributed by atoms with E-state index in [0.717, 1.165) is 18.5 Å². The smallest absolute Gasteiger partial charge is 0.240 e. The van der Waals surface area contributed by atoms with Crippen LogP contribution in [0.15, 0.2) is 18.2 Å². The molecule has 6 heteroatoms. The van der Waals surface area contributed by atoms with Crippen LogP contribution in [0, 0.1) is 5.82 Å². The van der Waals surface area contributed by atoms with Crippen molar-refractivity contribution in [2.75, 3.05) is 20.3 Å². The van der Waals surface area contributed by atoms with Crippen LogP contribution in [0.5, 0.6) is 0 Å². The lowest BCUT2D eigenvalue weighted by Gasteiger charge is -2.35. The van der Waals surface area contributed by atoms with E-state index in [-0.39, 0.29) is 11.6 Å². The lowest BCUT2D eigenvalue weighted by atomic mass is 9.96. The highest BCUT2D eigenvalue weighted by Gasteiger charge is 2.46. The van der Waals surface area contributed by atoms with Gasteiger partial charge in [-0.2, -0.15) is 0 Å². The van der Waals surface area contributed by atoms with Crippen molar-refractivity contribution in [3.63, 3.8) is 0 Å². The van der Waals surface area contributed by atoms with E-state index in [1.54, 1.807) is 13.2 Å². The number of benzene rings is 1. The number of ether oxygens (including phenoxy) is 1. The number of carbonyl (C=O) groups excluding carboxylic acids is 1. The summed E-state index contributed by atoms with van der Waals surface area (Å²) in [5.41, 5.74) is 5.52. The lowest BCUT2D eigenvalue weighted by molar-refractivity contribution is -0.132. The van der Waals surface area contributed by atoms with Crippen molar-refractivity contribution in [2.24, 2.45) is 5.73 Å². The molecule has 1 heterocycles. The van der Waals surface area contributed by atoms with Gasteiger partial charge in [-0.1, -0.05) is 17.7 Å². The van der Waals surface area contributed by atoms with Gasteiger partial charge in [0.2, 0.25) is 5.91 Å². The Bertz CT molecular complexity index is 512. The molecule has 20 heavy (non-hydrogen) atoms. The van der Waals surface area contributed by atoms with E-state index in [1.165, 1.54) is 12.1 Å². The number of methoxy groups -OCH3 is 1. The van der Waals surface area contributed by atoms with E-state index in [1.807, 2.05) is 4.90 Å². The van der Waals surface area contributed by atoms with Crippen molar-refractivity contribution >= 4 is 17.5 Å². The second-order valence-corrected chi connectivity index (χ2v) is 5.51. The van der Waals surface area contributed by atoms with Crippen molar-refractivity contribution in [2.45, 2.75) is 24.9 Å². The molecule has 1 unspecified atom stereocenters. The minimum atomic E-state index is -0.801. The maximum absolute atomic E-state index is 13.5. The number of amides is 1. The molecule has 1 aromatic rings. The Morgan fingerprint density at radius 1 is 1.60 bits per heavy atom. The molecule has 1 aromatic carbocycles. The number of likely N-dealkylation sites (tertiary alicyclic amines) is 1. The monoisotopic (exact) mass is 300 g/mol. The van der Waals surface area contributed by atoms with E-state index >= 15 is 0 Å². The number of nitrogens with two attached hydrogens (primary N) is 1. The molecule has 1 amide bonds. The molecular weight excluding hydrogens is 283 g/mol. The number of primary amides is 1. The van der Waals surface area contributed by atoms with E-state index in [0.29, 0.717) is 13.0 Å². The molecule has 0 saturated carbocycles. The molecule has 1 aliphatic rings. The summed E-state index contributed by atoms with van der Waals surface area (Å²) in [6.45, 7) is 1.43. The molecule has 0 spiro atoms. The Morgan fingerprint density at radius 3 is 2.95 bits per heavy atom. The fourth-order valence-corrected chi connectivity index (χ4v) is 2.89. The molecule has 0 aliphatic carbocycles. The Kier molecular flexibility index (Phi) is 4.62. The van der Waals surface area contributed by atoms with Crippen molar-refractivity contribution in [1.29, 1.82) is 0 Å². The van der Waals surface area contributed by atoms with Crippen molar-refractivity contribution < 1.29 is 13.9 Å². The minimum absolute atomic E-state index is 0.0910. The van der Waals surface area contributed by atoms with Crippen LogP contribution in [0.1, 0.15) is 18.4 Å². The van der Waals surface area contributed by atoms with E-state index in [9.17, 15) is 9.18 Å². The first-order valence-electron chi connectivity index (χ1n) is 6.47. The third-order valence-corrected chi connectivity index (χ3v) is 4.13. The first-order chi connectivity index (χ1) is 9.49. The van der Waals surface area contributed by atoms with E-state index in [2.05, 4.69) is 0 Å². The fourth-order valence-electron chi connectivity index (χ4n) is 2.78. The zero-order valence-corrected chi connectivity index (χ0v) is 12.1. The van der Waals surface area contributed by atoms with Gasteiger partial charge in [0.25, 0.3) is 0 Å². The molecule has 110 valence electrons. The van der Waals surface area contributed by atoms with Gasteiger partial charge in [-0.15, -0.1) is 0 Å². The van der Waals surface area contributed by atoms with Crippen LogP contribution < -0.4 is 5.73 Å². The molecule has 1 saturated heterocycles. The summed E-state index contributed by atoms with van der Waals surface area (Å²) in [5.74, 6) is -0.855. The highest BCUT2D eigenvalue weighted by atomic mass is 35.5. The Hall–Kier alpha value is -1.17. The van der Waals surface area contributed by atoms with Gasteiger partial charge < -0.3 is 10.5 Å². The van der Waals surface area contributed by atoms with Crippen LogP contribution in [-0.4, -0.2) is 36.6 Å². The average Bonchev–Trinajstić information content (AvgIpc) is 2.79. The van der Waals surface area contributed by atoms with Gasteiger partial charge in [0, 0.05) is 13.7 Å². The second-order valence-electron chi connectivity index (χ2n) is 5.10. The normalized spacial score (nSPS) is 23.1. The number of halogens is 2. The summed E-state index contributed by atoms with van der Waals surface area (Å²) in [5, 5.41) is 0.0910. The predicted molar refractivity (Wildman–Crippen MR) is 74.9 cm³/mol. The summed E-state index contributed by atoms with van der Waals surface area (Å²) in [4.78, 5) is 13.8. The lowest BCUT2D eigenvalue weighted by Crippen LogP contribution is -2.56. The van der Waals surface area contributed by atoms with Gasteiger partial charge >= 0.3 is 0 Å². The van der Waals surface area contributed by atoms with Gasteiger partial charge in [-0.3, -0.25) is 9.69 Å². The first-order valence-corrected chi connectivity index (χ1v) is 6.85. The number of rotatable bonds is 5. The number of hydrogen-bond donors (Lipinski definition) is 1. The predicted octanol–water partition coefficient (Wildman–Crippen LogP) is 1.95. The molecule has 1 fully saturated rings. The highest BCUT2D eigenvalue weighted by molar-refractivity contribution is 6.30. The van der Waals surface area contributed by atoms with Crippen LogP contribution in [0.3, 0.4) is 0 Å². The standard InChI is InChI=1S/C14H18ClFN2O2/c1-20-9-14(13(17)19)5-2-6-18(14)8-10-3-4-11(15)12(16)7-10/h3-4,7H,2,5-6,8-9H2,1H3,(H2,17,19). The van der Waals surface area contributed by atoms with Gasteiger partial charge in [0.1, 0.15) is 11.4 Å². The Morgan fingerprint density at radius 2 is 2.35 bits per heavy atom. The van der Waals surface area contributed by atoms with Gasteiger partial charge in [-0.05, 0) is 37.1 Å².